The topological polar surface area (TPSA) is 72.0 Å². The van der Waals surface area contributed by atoms with Crippen LogP contribution in [0, 0.1) is 0 Å². The quantitative estimate of drug-likeness (QED) is 0.783. The average molecular weight is 325 g/mol. The first-order chi connectivity index (χ1) is 11.1. The SMILES string of the molecule is O=S(=O)(NCc1ccc(-c2ccccn2)cc1)c1cccnc1. The van der Waals surface area contributed by atoms with Gasteiger partial charge in [0.25, 0.3) is 0 Å². The number of benzene rings is 1. The summed E-state index contributed by atoms with van der Waals surface area (Å²) in [5.74, 6) is 0. The van der Waals surface area contributed by atoms with E-state index in [0.717, 1.165) is 16.8 Å². The Morgan fingerprint density at radius 1 is 0.913 bits per heavy atom. The third-order valence-corrected chi connectivity index (χ3v) is 4.71. The summed E-state index contributed by atoms with van der Waals surface area (Å²) in [7, 11) is -3.55. The summed E-state index contributed by atoms with van der Waals surface area (Å²) in [5, 5.41) is 0. The Bertz CT molecular complexity index is 865. The number of aromatic nitrogens is 2. The Morgan fingerprint density at radius 3 is 2.39 bits per heavy atom. The molecule has 0 saturated carbocycles. The lowest BCUT2D eigenvalue weighted by molar-refractivity contribution is 0.581. The zero-order valence-corrected chi connectivity index (χ0v) is 13.1. The second kappa shape index (κ2) is 6.68. The van der Waals surface area contributed by atoms with Gasteiger partial charge in [0, 0.05) is 30.7 Å². The number of hydrogen-bond acceptors (Lipinski definition) is 4. The minimum Gasteiger partial charge on any atom is -0.263 e. The third-order valence-electron chi connectivity index (χ3n) is 3.33. The summed E-state index contributed by atoms with van der Waals surface area (Å²) in [6, 6.07) is 16.5. The van der Waals surface area contributed by atoms with Crippen molar-refractivity contribution in [3.8, 4) is 11.3 Å². The Morgan fingerprint density at radius 2 is 1.74 bits per heavy atom. The lowest BCUT2D eigenvalue weighted by Crippen LogP contribution is -2.23. The van der Waals surface area contributed by atoms with Crippen LogP contribution in [0.1, 0.15) is 5.56 Å². The molecular weight excluding hydrogens is 310 g/mol. The minimum atomic E-state index is -3.55. The maximum Gasteiger partial charge on any atom is 0.242 e. The molecule has 1 N–H and O–H groups in total. The van der Waals surface area contributed by atoms with Crippen LogP contribution in [0.3, 0.4) is 0 Å². The molecule has 3 aromatic rings. The predicted molar refractivity (Wildman–Crippen MR) is 87.9 cm³/mol. The van der Waals surface area contributed by atoms with Crippen LogP contribution in [-0.4, -0.2) is 18.4 Å². The van der Waals surface area contributed by atoms with Crippen molar-refractivity contribution in [2.24, 2.45) is 0 Å². The molecule has 0 fully saturated rings. The zero-order valence-electron chi connectivity index (χ0n) is 12.3. The number of pyridine rings is 2. The van der Waals surface area contributed by atoms with Crippen molar-refractivity contribution in [2.45, 2.75) is 11.4 Å². The van der Waals surface area contributed by atoms with Crippen molar-refractivity contribution in [3.05, 3.63) is 78.8 Å². The molecule has 0 aliphatic rings. The van der Waals surface area contributed by atoms with Gasteiger partial charge in [0.05, 0.1) is 5.69 Å². The summed E-state index contributed by atoms with van der Waals surface area (Å²) < 4.78 is 26.8. The van der Waals surface area contributed by atoms with E-state index in [2.05, 4.69) is 14.7 Å². The van der Waals surface area contributed by atoms with E-state index in [1.165, 1.54) is 18.5 Å². The van der Waals surface area contributed by atoms with Crippen LogP contribution in [0.15, 0.2) is 78.1 Å². The largest absolute Gasteiger partial charge is 0.263 e. The van der Waals surface area contributed by atoms with Gasteiger partial charge >= 0.3 is 0 Å². The summed E-state index contributed by atoms with van der Waals surface area (Å²) in [6.45, 7) is 0.222. The zero-order chi connectivity index (χ0) is 16.1. The number of nitrogens with zero attached hydrogens (tertiary/aromatic N) is 2. The first-order valence-corrected chi connectivity index (χ1v) is 8.53. The first-order valence-electron chi connectivity index (χ1n) is 7.05. The highest BCUT2D eigenvalue weighted by Crippen LogP contribution is 2.17. The lowest BCUT2D eigenvalue weighted by Gasteiger charge is -2.07. The fraction of sp³-hybridized carbons (Fsp3) is 0.0588. The molecule has 0 saturated heterocycles. The number of sulfonamides is 1. The summed E-state index contributed by atoms with van der Waals surface area (Å²) in [6.07, 6.45) is 4.60. The molecule has 2 aromatic heterocycles. The van der Waals surface area contributed by atoms with E-state index in [1.54, 1.807) is 12.3 Å². The molecule has 0 aliphatic heterocycles. The van der Waals surface area contributed by atoms with Crippen LogP contribution >= 0.6 is 0 Å². The van der Waals surface area contributed by atoms with Crippen LogP contribution < -0.4 is 4.72 Å². The molecule has 2 heterocycles. The van der Waals surface area contributed by atoms with Crippen LogP contribution in [0.25, 0.3) is 11.3 Å². The highest BCUT2D eigenvalue weighted by Gasteiger charge is 2.13. The van der Waals surface area contributed by atoms with E-state index in [9.17, 15) is 8.42 Å². The smallest absolute Gasteiger partial charge is 0.242 e. The molecular formula is C17H15N3O2S. The Kier molecular flexibility index (Phi) is 4.45. The normalized spacial score (nSPS) is 11.3. The predicted octanol–water partition coefficient (Wildman–Crippen LogP) is 2.62. The lowest BCUT2D eigenvalue weighted by atomic mass is 10.1. The van der Waals surface area contributed by atoms with Gasteiger partial charge in [-0.25, -0.2) is 13.1 Å². The summed E-state index contributed by atoms with van der Waals surface area (Å²) >= 11 is 0. The van der Waals surface area contributed by atoms with Gasteiger partial charge in [-0.15, -0.1) is 0 Å². The number of rotatable bonds is 5. The first kappa shape index (κ1) is 15.3. The molecule has 0 bridgehead atoms. The Balaban J connectivity index is 1.70. The van der Waals surface area contributed by atoms with E-state index < -0.39 is 10.0 Å². The molecule has 0 aliphatic carbocycles. The molecule has 3 rings (SSSR count). The maximum atomic E-state index is 12.1. The molecule has 0 unspecified atom stereocenters. The van der Waals surface area contributed by atoms with Gasteiger partial charge in [0.1, 0.15) is 4.90 Å². The van der Waals surface area contributed by atoms with Crippen molar-refractivity contribution in [2.75, 3.05) is 0 Å². The van der Waals surface area contributed by atoms with Gasteiger partial charge in [-0.1, -0.05) is 30.3 Å². The molecule has 6 heteroatoms. The van der Waals surface area contributed by atoms with E-state index in [-0.39, 0.29) is 11.4 Å². The van der Waals surface area contributed by atoms with Gasteiger partial charge in [-0.05, 0) is 29.8 Å². The summed E-state index contributed by atoms with van der Waals surface area (Å²) in [5.41, 5.74) is 2.75. The van der Waals surface area contributed by atoms with Crippen LogP contribution in [-0.2, 0) is 16.6 Å². The molecule has 0 atom stereocenters. The second-order valence-electron chi connectivity index (χ2n) is 4.93. The summed E-state index contributed by atoms with van der Waals surface area (Å²) in [4.78, 5) is 8.27. The maximum absolute atomic E-state index is 12.1. The van der Waals surface area contributed by atoms with Crippen LogP contribution in [0.2, 0.25) is 0 Å². The highest BCUT2D eigenvalue weighted by atomic mass is 32.2. The Hall–Kier alpha value is -2.57. The van der Waals surface area contributed by atoms with Crippen molar-refractivity contribution < 1.29 is 8.42 Å². The van der Waals surface area contributed by atoms with Crippen molar-refractivity contribution >= 4 is 10.0 Å². The van der Waals surface area contributed by atoms with Gasteiger partial charge in [-0.3, -0.25) is 9.97 Å². The van der Waals surface area contributed by atoms with Crippen molar-refractivity contribution in [3.63, 3.8) is 0 Å². The van der Waals surface area contributed by atoms with E-state index in [1.807, 2.05) is 42.5 Å². The molecule has 23 heavy (non-hydrogen) atoms. The van der Waals surface area contributed by atoms with Crippen LogP contribution in [0.5, 0.6) is 0 Å². The highest BCUT2D eigenvalue weighted by molar-refractivity contribution is 7.89. The van der Waals surface area contributed by atoms with Crippen molar-refractivity contribution in [1.29, 1.82) is 0 Å². The Labute approximate surface area is 135 Å². The number of nitrogens with one attached hydrogen (secondary N) is 1. The molecule has 5 nitrogen and oxygen atoms in total. The number of hydrogen-bond donors (Lipinski definition) is 1. The van der Waals surface area contributed by atoms with E-state index >= 15 is 0 Å². The molecule has 0 amide bonds. The fourth-order valence-electron chi connectivity index (χ4n) is 2.09. The molecule has 0 radical (unpaired) electrons. The van der Waals surface area contributed by atoms with Gasteiger partial charge in [0.15, 0.2) is 0 Å². The fourth-order valence-corrected chi connectivity index (χ4v) is 3.08. The standard InChI is InChI=1S/C17H15N3O2S/c21-23(22,16-4-3-10-18-13-16)20-12-14-6-8-15(9-7-14)17-5-1-2-11-19-17/h1-11,13,20H,12H2. The molecule has 1 aromatic carbocycles. The van der Waals surface area contributed by atoms with Crippen molar-refractivity contribution in [1.82, 2.24) is 14.7 Å². The minimum absolute atomic E-state index is 0.158. The van der Waals surface area contributed by atoms with Gasteiger partial charge < -0.3 is 0 Å². The van der Waals surface area contributed by atoms with Gasteiger partial charge in [0.2, 0.25) is 10.0 Å². The monoisotopic (exact) mass is 325 g/mol. The second-order valence-corrected chi connectivity index (χ2v) is 6.69. The van der Waals surface area contributed by atoms with Gasteiger partial charge in [-0.2, -0.15) is 0 Å². The molecule has 116 valence electrons. The molecule has 0 spiro atoms. The average Bonchev–Trinajstić information content (AvgIpc) is 2.62. The van der Waals surface area contributed by atoms with Crippen LogP contribution in [0.4, 0.5) is 0 Å². The van der Waals surface area contributed by atoms with E-state index in [0.29, 0.717) is 0 Å². The van der Waals surface area contributed by atoms with E-state index in [4.69, 9.17) is 0 Å². The third kappa shape index (κ3) is 3.80.